The zero-order valence-electron chi connectivity index (χ0n) is 10.4. The Morgan fingerprint density at radius 2 is 1.39 bits per heavy atom. The van der Waals surface area contributed by atoms with E-state index in [9.17, 15) is 0 Å². The van der Waals surface area contributed by atoms with Crippen molar-refractivity contribution in [3.63, 3.8) is 0 Å². The zero-order valence-corrected chi connectivity index (χ0v) is 11.2. The molecule has 0 saturated carbocycles. The van der Waals surface area contributed by atoms with Crippen LogP contribution in [0.5, 0.6) is 0 Å². The molecule has 2 heteroatoms. The van der Waals surface area contributed by atoms with Crippen molar-refractivity contribution in [2.24, 2.45) is 0 Å². The number of hydrogen-bond acceptors (Lipinski definition) is 1. The van der Waals surface area contributed by atoms with Crippen molar-refractivity contribution in [1.29, 1.82) is 0 Å². The molecule has 0 heterocycles. The lowest BCUT2D eigenvalue weighted by molar-refractivity contribution is 0.811. The number of anilines is 1. The van der Waals surface area contributed by atoms with Gasteiger partial charge in [0.1, 0.15) is 0 Å². The molecule has 0 radical (unpaired) electrons. The quantitative estimate of drug-likeness (QED) is 0.710. The first-order valence-electron chi connectivity index (χ1n) is 6.30. The van der Waals surface area contributed by atoms with Crippen molar-refractivity contribution in [2.45, 2.75) is 6.42 Å². The zero-order chi connectivity index (χ0) is 12.6. The van der Waals surface area contributed by atoms with Crippen molar-refractivity contribution in [3.8, 4) is 0 Å². The largest absolute Gasteiger partial charge is 0.370 e. The van der Waals surface area contributed by atoms with Crippen molar-refractivity contribution in [2.75, 3.05) is 23.9 Å². The molecule has 2 aromatic carbocycles. The maximum absolute atomic E-state index is 5.89. The van der Waals surface area contributed by atoms with Crippen molar-refractivity contribution in [3.05, 3.63) is 66.2 Å². The van der Waals surface area contributed by atoms with E-state index in [0.717, 1.165) is 19.5 Å². The number of nitrogens with zero attached hydrogens (tertiary/aromatic N) is 1. The number of benzene rings is 2. The number of rotatable bonds is 6. The van der Waals surface area contributed by atoms with Gasteiger partial charge in [-0.05, 0) is 24.1 Å². The molecular formula is C16H18ClN. The summed E-state index contributed by atoms with van der Waals surface area (Å²) in [6, 6.07) is 21.0. The molecular weight excluding hydrogens is 242 g/mol. The molecule has 0 aromatic heterocycles. The summed E-state index contributed by atoms with van der Waals surface area (Å²) in [5.74, 6) is 0.656. The van der Waals surface area contributed by atoms with E-state index in [1.54, 1.807) is 0 Å². The highest BCUT2D eigenvalue weighted by Crippen LogP contribution is 2.14. The fraction of sp³-hybridized carbons (Fsp3) is 0.250. The summed E-state index contributed by atoms with van der Waals surface area (Å²) in [6.07, 6.45) is 1.05. The van der Waals surface area contributed by atoms with Crippen LogP contribution in [0, 0.1) is 0 Å². The van der Waals surface area contributed by atoms with Crippen LogP contribution in [0.3, 0.4) is 0 Å². The number of hydrogen-bond donors (Lipinski definition) is 0. The SMILES string of the molecule is ClCCN(CCc1ccccc1)c1ccccc1. The molecule has 2 rings (SSSR count). The molecule has 0 amide bonds. The van der Waals surface area contributed by atoms with Gasteiger partial charge in [-0.1, -0.05) is 48.5 Å². The summed E-state index contributed by atoms with van der Waals surface area (Å²) in [5.41, 5.74) is 2.61. The average molecular weight is 260 g/mol. The minimum absolute atomic E-state index is 0.656. The summed E-state index contributed by atoms with van der Waals surface area (Å²) >= 11 is 5.89. The molecule has 0 aliphatic rings. The molecule has 0 bridgehead atoms. The Morgan fingerprint density at radius 3 is 2.00 bits per heavy atom. The van der Waals surface area contributed by atoms with Gasteiger partial charge in [0.15, 0.2) is 0 Å². The van der Waals surface area contributed by atoms with E-state index in [1.165, 1.54) is 11.3 Å². The van der Waals surface area contributed by atoms with Crippen LogP contribution in [0.2, 0.25) is 0 Å². The molecule has 0 aliphatic heterocycles. The topological polar surface area (TPSA) is 3.24 Å². The molecule has 0 saturated heterocycles. The van der Waals surface area contributed by atoms with E-state index in [4.69, 9.17) is 11.6 Å². The molecule has 0 fully saturated rings. The first kappa shape index (κ1) is 13.0. The highest BCUT2D eigenvalue weighted by molar-refractivity contribution is 6.18. The van der Waals surface area contributed by atoms with Crippen LogP contribution in [0.25, 0.3) is 0 Å². The van der Waals surface area contributed by atoms with Crippen molar-refractivity contribution >= 4 is 17.3 Å². The van der Waals surface area contributed by atoms with Gasteiger partial charge in [0.2, 0.25) is 0 Å². The summed E-state index contributed by atoms with van der Waals surface area (Å²) in [7, 11) is 0. The van der Waals surface area contributed by atoms with E-state index in [0.29, 0.717) is 5.88 Å². The van der Waals surface area contributed by atoms with E-state index in [2.05, 4.69) is 59.5 Å². The third-order valence-electron chi connectivity index (χ3n) is 2.99. The second kappa shape index (κ2) is 7.07. The molecule has 18 heavy (non-hydrogen) atoms. The molecule has 0 unspecified atom stereocenters. The Hall–Kier alpha value is -1.47. The maximum atomic E-state index is 5.89. The van der Waals surface area contributed by atoms with Crippen LogP contribution >= 0.6 is 11.6 Å². The second-order valence-corrected chi connectivity index (χ2v) is 4.63. The average Bonchev–Trinajstić information content (AvgIpc) is 2.45. The predicted molar refractivity (Wildman–Crippen MR) is 79.5 cm³/mol. The third-order valence-corrected chi connectivity index (χ3v) is 3.16. The Bertz CT molecular complexity index is 441. The van der Waals surface area contributed by atoms with Gasteiger partial charge in [0.25, 0.3) is 0 Å². The van der Waals surface area contributed by atoms with Gasteiger partial charge in [-0.2, -0.15) is 0 Å². The van der Waals surface area contributed by atoms with Gasteiger partial charge < -0.3 is 4.90 Å². The minimum atomic E-state index is 0.656. The van der Waals surface area contributed by atoms with Crippen molar-refractivity contribution < 1.29 is 0 Å². The minimum Gasteiger partial charge on any atom is -0.370 e. The summed E-state index contributed by atoms with van der Waals surface area (Å²) in [5, 5.41) is 0. The molecule has 0 N–H and O–H groups in total. The third kappa shape index (κ3) is 3.78. The van der Waals surface area contributed by atoms with Gasteiger partial charge in [0.05, 0.1) is 0 Å². The van der Waals surface area contributed by atoms with Gasteiger partial charge in [-0.15, -0.1) is 11.6 Å². The maximum Gasteiger partial charge on any atom is 0.0399 e. The smallest absolute Gasteiger partial charge is 0.0399 e. The van der Waals surface area contributed by atoms with Gasteiger partial charge >= 0.3 is 0 Å². The molecule has 2 aromatic rings. The monoisotopic (exact) mass is 259 g/mol. The van der Waals surface area contributed by atoms with E-state index in [1.807, 2.05) is 6.07 Å². The lowest BCUT2D eigenvalue weighted by atomic mass is 10.1. The van der Waals surface area contributed by atoms with Crippen LogP contribution < -0.4 is 4.90 Å². The van der Waals surface area contributed by atoms with Crippen LogP contribution in [0.4, 0.5) is 5.69 Å². The first-order valence-corrected chi connectivity index (χ1v) is 6.83. The lowest BCUT2D eigenvalue weighted by Crippen LogP contribution is -2.27. The first-order chi connectivity index (χ1) is 8.90. The lowest BCUT2D eigenvalue weighted by Gasteiger charge is -2.23. The molecule has 0 atom stereocenters. The number of para-hydroxylation sites is 1. The standard InChI is InChI=1S/C16H18ClN/c17-12-14-18(16-9-5-2-6-10-16)13-11-15-7-3-1-4-8-15/h1-10H,11-14H2. The van der Waals surface area contributed by atoms with Crippen LogP contribution in [0.15, 0.2) is 60.7 Å². The highest BCUT2D eigenvalue weighted by Gasteiger charge is 2.05. The van der Waals surface area contributed by atoms with E-state index in [-0.39, 0.29) is 0 Å². The van der Waals surface area contributed by atoms with Crippen molar-refractivity contribution in [1.82, 2.24) is 0 Å². The molecule has 0 spiro atoms. The molecule has 0 aliphatic carbocycles. The fourth-order valence-corrected chi connectivity index (χ4v) is 2.22. The summed E-state index contributed by atoms with van der Waals surface area (Å²) in [4.78, 5) is 2.33. The molecule has 94 valence electrons. The fourth-order valence-electron chi connectivity index (χ4n) is 2.02. The Kier molecular flexibility index (Phi) is 5.10. The summed E-state index contributed by atoms with van der Waals surface area (Å²) < 4.78 is 0. The predicted octanol–water partition coefficient (Wildman–Crippen LogP) is 3.97. The van der Waals surface area contributed by atoms with Crippen LogP contribution in [0.1, 0.15) is 5.56 Å². The Balaban J connectivity index is 1.99. The van der Waals surface area contributed by atoms with Gasteiger partial charge in [-0.25, -0.2) is 0 Å². The van der Waals surface area contributed by atoms with Crippen LogP contribution in [-0.4, -0.2) is 19.0 Å². The van der Waals surface area contributed by atoms with Crippen LogP contribution in [-0.2, 0) is 6.42 Å². The van der Waals surface area contributed by atoms with Gasteiger partial charge in [-0.3, -0.25) is 0 Å². The van der Waals surface area contributed by atoms with Gasteiger partial charge in [0, 0.05) is 24.7 Å². The summed E-state index contributed by atoms with van der Waals surface area (Å²) in [6.45, 7) is 1.89. The second-order valence-electron chi connectivity index (χ2n) is 4.25. The Labute approximate surface area is 114 Å². The highest BCUT2D eigenvalue weighted by atomic mass is 35.5. The van der Waals surface area contributed by atoms with E-state index >= 15 is 0 Å². The number of alkyl halides is 1. The van der Waals surface area contributed by atoms with E-state index < -0.39 is 0 Å². The normalized spacial score (nSPS) is 10.3. The molecule has 1 nitrogen and oxygen atoms in total. The Morgan fingerprint density at radius 1 is 0.778 bits per heavy atom. The number of halogens is 1.